The minimum atomic E-state index is -0.303. The van der Waals surface area contributed by atoms with Gasteiger partial charge in [-0.25, -0.2) is 4.39 Å². The van der Waals surface area contributed by atoms with E-state index in [1.807, 2.05) is 24.3 Å². The SMILES string of the molecule is COc1ccc(Nc2nnc(-c3c[nH]c4cc(F)ccc34)o2)cc1. The minimum Gasteiger partial charge on any atom is -0.497 e. The fourth-order valence-electron chi connectivity index (χ4n) is 2.46. The highest BCUT2D eigenvalue weighted by Crippen LogP contribution is 2.29. The van der Waals surface area contributed by atoms with E-state index in [2.05, 4.69) is 20.5 Å². The molecule has 0 saturated carbocycles. The van der Waals surface area contributed by atoms with Crippen molar-refractivity contribution in [3.8, 4) is 17.2 Å². The third-order valence-corrected chi connectivity index (χ3v) is 3.64. The van der Waals surface area contributed by atoms with Crippen molar-refractivity contribution in [3.63, 3.8) is 0 Å². The number of benzene rings is 2. The summed E-state index contributed by atoms with van der Waals surface area (Å²) in [5, 5.41) is 11.9. The number of anilines is 2. The predicted octanol–water partition coefficient (Wildman–Crippen LogP) is 4.11. The van der Waals surface area contributed by atoms with Gasteiger partial charge in [0.15, 0.2) is 0 Å². The van der Waals surface area contributed by atoms with Crippen molar-refractivity contribution < 1.29 is 13.5 Å². The topological polar surface area (TPSA) is 76.0 Å². The van der Waals surface area contributed by atoms with Crippen molar-refractivity contribution in [1.29, 1.82) is 0 Å². The van der Waals surface area contributed by atoms with E-state index in [9.17, 15) is 4.39 Å². The Morgan fingerprint density at radius 1 is 1.12 bits per heavy atom. The van der Waals surface area contributed by atoms with Gasteiger partial charge in [0.05, 0.1) is 12.7 Å². The molecular formula is C17H13FN4O2. The number of rotatable bonds is 4. The van der Waals surface area contributed by atoms with Crippen LogP contribution in [0.5, 0.6) is 5.75 Å². The van der Waals surface area contributed by atoms with Crippen molar-refractivity contribution in [2.24, 2.45) is 0 Å². The molecule has 0 aliphatic rings. The number of hydrogen-bond acceptors (Lipinski definition) is 5. The Bertz CT molecular complexity index is 991. The third-order valence-electron chi connectivity index (χ3n) is 3.64. The van der Waals surface area contributed by atoms with E-state index in [4.69, 9.17) is 9.15 Å². The highest BCUT2D eigenvalue weighted by molar-refractivity contribution is 5.93. The number of methoxy groups -OCH3 is 1. The molecule has 0 radical (unpaired) electrons. The van der Waals surface area contributed by atoms with Crippen LogP contribution in [-0.2, 0) is 0 Å². The molecule has 2 aromatic carbocycles. The van der Waals surface area contributed by atoms with E-state index in [1.165, 1.54) is 12.1 Å². The first-order valence-corrected chi connectivity index (χ1v) is 7.24. The van der Waals surface area contributed by atoms with Gasteiger partial charge in [0.2, 0.25) is 0 Å². The molecule has 120 valence electrons. The maximum Gasteiger partial charge on any atom is 0.320 e. The second-order valence-electron chi connectivity index (χ2n) is 5.16. The summed E-state index contributed by atoms with van der Waals surface area (Å²) >= 11 is 0. The molecule has 2 heterocycles. The zero-order valence-electron chi connectivity index (χ0n) is 12.7. The maximum absolute atomic E-state index is 13.3. The molecule has 0 atom stereocenters. The Labute approximate surface area is 136 Å². The maximum atomic E-state index is 13.3. The lowest BCUT2D eigenvalue weighted by atomic mass is 10.2. The summed E-state index contributed by atoms with van der Waals surface area (Å²) in [5.74, 6) is 0.810. The van der Waals surface area contributed by atoms with E-state index in [-0.39, 0.29) is 11.8 Å². The second kappa shape index (κ2) is 5.69. The smallest absolute Gasteiger partial charge is 0.320 e. The van der Waals surface area contributed by atoms with Gasteiger partial charge >= 0.3 is 6.01 Å². The number of aromatic nitrogens is 3. The molecule has 0 aliphatic heterocycles. The molecule has 0 unspecified atom stereocenters. The molecule has 6 nitrogen and oxygen atoms in total. The van der Waals surface area contributed by atoms with Crippen LogP contribution >= 0.6 is 0 Å². The Balaban J connectivity index is 1.61. The van der Waals surface area contributed by atoms with Gasteiger partial charge < -0.3 is 19.5 Å². The molecule has 24 heavy (non-hydrogen) atoms. The first-order chi connectivity index (χ1) is 11.7. The molecule has 0 aliphatic carbocycles. The molecule has 0 amide bonds. The quantitative estimate of drug-likeness (QED) is 0.591. The molecule has 2 N–H and O–H groups in total. The van der Waals surface area contributed by atoms with Crippen LogP contribution in [0, 0.1) is 5.82 Å². The van der Waals surface area contributed by atoms with Crippen LogP contribution in [-0.4, -0.2) is 22.3 Å². The van der Waals surface area contributed by atoms with Gasteiger partial charge in [0.25, 0.3) is 5.89 Å². The van der Waals surface area contributed by atoms with Crippen molar-refractivity contribution >= 4 is 22.6 Å². The van der Waals surface area contributed by atoms with Crippen LogP contribution in [0.3, 0.4) is 0 Å². The predicted molar refractivity (Wildman–Crippen MR) is 87.8 cm³/mol. The largest absolute Gasteiger partial charge is 0.497 e. The van der Waals surface area contributed by atoms with E-state index in [1.54, 1.807) is 19.4 Å². The fourth-order valence-corrected chi connectivity index (χ4v) is 2.46. The normalized spacial score (nSPS) is 10.9. The van der Waals surface area contributed by atoms with Crippen LogP contribution < -0.4 is 10.1 Å². The fraction of sp³-hybridized carbons (Fsp3) is 0.0588. The number of hydrogen-bond donors (Lipinski definition) is 2. The standard InChI is InChI=1S/C17H13FN4O2/c1-23-12-5-3-11(4-6-12)20-17-22-21-16(24-17)14-9-19-15-8-10(18)2-7-13(14)15/h2-9,19H,1H3,(H,20,22). The number of halogens is 1. The summed E-state index contributed by atoms with van der Waals surface area (Å²) in [7, 11) is 1.61. The van der Waals surface area contributed by atoms with Crippen molar-refractivity contribution in [2.75, 3.05) is 12.4 Å². The van der Waals surface area contributed by atoms with Crippen LogP contribution in [0.15, 0.2) is 53.1 Å². The van der Waals surface area contributed by atoms with Crippen molar-refractivity contribution in [3.05, 3.63) is 54.5 Å². The molecule has 0 bridgehead atoms. The molecule has 0 fully saturated rings. The molecule has 2 aromatic heterocycles. The second-order valence-corrected chi connectivity index (χ2v) is 5.16. The molecular weight excluding hydrogens is 311 g/mol. The van der Waals surface area contributed by atoms with Gasteiger partial charge in [0, 0.05) is 22.8 Å². The number of ether oxygens (including phenoxy) is 1. The summed E-state index contributed by atoms with van der Waals surface area (Å²) < 4.78 is 24.0. The number of fused-ring (bicyclic) bond motifs is 1. The van der Waals surface area contributed by atoms with Gasteiger partial charge in [-0.05, 0) is 42.5 Å². The lowest BCUT2D eigenvalue weighted by Gasteiger charge is -2.02. The number of nitrogens with one attached hydrogen (secondary N) is 2. The van der Waals surface area contributed by atoms with Crippen LogP contribution in [0.25, 0.3) is 22.4 Å². The molecule has 4 rings (SSSR count). The highest BCUT2D eigenvalue weighted by Gasteiger charge is 2.14. The lowest BCUT2D eigenvalue weighted by Crippen LogP contribution is -1.90. The van der Waals surface area contributed by atoms with Gasteiger partial charge in [-0.2, -0.15) is 0 Å². The van der Waals surface area contributed by atoms with Crippen molar-refractivity contribution in [1.82, 2.24) is 15.2 Å². The van der Waals surface area contributed by atoms with Crippen LogP contribution in [0.1, 0.15) is 0 Å². The van der Waals surface area contributed by atoms with E-state index < -0.39 is 0 Å². The Hall–Kier alpha value is -3.35. The number of nitrogens with zero attached hydrogens (tertiary/aromatic N) is 2. The molecule has 7 heteroatoms. The number of aromatic amines is 1. The average molecular weight is 324 g/mol. The van der Waals surface area contributed by atoms with Crippen LogP contribution in [0.4, 0.5) is 16.1 Å². The van der Waals surface area contributed by atoms with Gasteiger partial charge in [-0.15, -0.1) is 5.10 Å². The average Bonchev–Trinajstić information content (AvgIpc) is 3.21. The zero-order valence-corrected chi connectivity index (χ0v) is 12.7. The third kappa shape index (κ3) is 2.56. The summed E-state index contributed by atoms with van der Waals surface area (Å²) in [6.45, 7) is 0. The first-order valence-electron chi connectivity index (χ1n) is 7.24. The minimum absolute atomic E-state index is 0.270. The Morgan fingerprint density at radius 2 is 1.96 bits per heavy atom. The van der Waals surface area contributed by atoms with E-state index in [0.29, 0.717) is 11.4 Å². The highest BCUT2D eigenvalue weighted by atomic mass is 19.1. The molecule has 4 aromatic rings. The van der Waals surface area contributed by atoms with E-state index >= 15 is 0 Å². The van der Waals surface area contributed by atoms with Crippen LogP contribution in [0.2, 0.25) is 0 Å². The summed E-state index contributed by atoms with van der Waals surface area (Å²) in [4.78, 5) is 3.00. The first kappa shape index (κ1) is 14.3. The van der Waals surface area contributed by atoms with Gasteiger partial charge in [0.1, 0.15) is 11.6 Å². The summed E-state index contributed by atoms with van der Waals surface area (Å²) in [5.41, 5.74) is 2.19. The Morgan fingerprint density at radius 3 is 2.75 bits per heavy atom. The lowest BCUT2D eigenvalue weighted by molar-refractivity contribution is 0.415. The zero-order chi connectivity index (χ0) is 16.5. The van der Waals surface area contributed by atoms with E-state index in [0.717, 1.165) is 22.4 Å². The number of H-pyrrole nitrogens is 1. The van der Waals surface area contributed by atoms with Gasteiger partial charge in [-0.1, -0.05) is 5.10 Å². The Kier molecular flexibility index (Phi) is 3.38. The summed E-state index contributed by atoms with van der Waals surface area (Å²) in [6.07, 6.45) is 1.72. The van der Waals surface area contributed by atoms with Crippen molar-refractivity contribution in [2.45, 2.75) is 0 Å². The summed E-state index contributed by atoms with van der Waals surface area (Å²) in [6, 6.07) is 12.1. The molecule has 0 saturated heterocycles. The monoisotopic (exact) mass is 324 g/mol. The molecule has 0 spiro atoms. The van der Waals surface area contributed by atoms with Gasteiger partial charge in [-0.3, -0.25) is 0 Å².